The topological polar surface area (TPSA) is 51.2 Å². The molecule has 1 aliphatic carbocycles. The predicted molar refractivity (Wildman–Crippen MR) is 57.2 cm³/mol. The zero-order chi connectivity index (χ0) is 11.6. The molecule has 0 unspecified atom stereocenters. The average Bonchev–Trinajstić information content (AvgIpc) is 2.77. The Morgan fingerprint density at radius 3 is 2.20 bits per heavy atom. The Morgan fingerprint density at radius 2 is 1.80 bits per heavy atom. The van der Waals surface area contributed by atoms with Crippen LogP contribution in [0.2, 0.25) is 5.31 Å². The van der Waals surface area contributed by atoms with Crippen LogP contribution in [0.1, 0.15) is 19.8 Å². The maximum atomic E-state index is 11.2. The second-order valence-electron chi connectivity index (χ2n) is 3.87. The van der Waals surface area contributed by atoms with E-state index in [0.29, 0.717) is 20.4 Å². The Hall–Kier alpha value is -0.822. The molecule has 0 aromatic rings. The van der Waals surface area contributed by atoms with Gasteiger partial charge in [0, 0.05) is 0 Å². The van der Waals surface area contributed by atoms with Gasteiger partial charge in [-0.05, 0) is 0 Å². The molecule has 0 N–H and O–H groups in total. The third-order valence-electron chi connectivity index (χ3n) is 2.80. The molecule has 0 aromatic carbocycles. The molecule has 83 valence electrons. The van der Waals surface area contributed by atoms with Crippen LogP contribution in [-0.4, -0.2) is 14.0 Å². The molecule has 0 bridgehead atoms. The monoisotopic (exact) mass is 379 g/mol. The molecule has 0 saturated carbocycles. The van der Waals surface area contributed by atoms with Gasteiger partial charge in [0.05, 0.1) is 0 Å². The van der Waals surface area contributed by atoms with Crippen molar-refractivity contribution in [2.45, 2.75) is 25.1 Å². The summed E-state index contributed by atoms with van der Waals surface area (Å²) in [4.78, 5) is 33.7. The Balaban J connectivity index is 3.42. The molecule has 0 saturated heterocycles. The van der Waals surface area contributed by atoms with Crippen LogP contribution in [0.25, 0.3) is 0 Å². The van der Waals surface area contributed by atoms with Gasteiger partial charge in [-0.2, -0.15) is 0 Å². The fraction of sp³-hybridized carbons (Fsp3) is 0.364. The molecule has 1 aliphatic rings. The molecule has 0 spiro atoms. The maximum absolute atomic E-state index is 11.2. The first-order chi connectivity index (χ1) is 7.04. The summed E-state index contributed by atoms with van der Waals surface area (Å²) in [5.41, 5.74) is 0.994. The van der Waals surface area contributed by atoms with Crippen LogP contribution >= 0.6 is 0 Å². The van der Waals surface area contributed by atoms with E-state index >= 15 is 0 Å². The molecule has 4 heteroatoms. The van der Waals surface area contributed by atoms with E-state index in [1.165, 1.54) is 0 Å². The minimum absolute atomic E-state index is 0.584. The van der Waals surface area contributed by atoms with Crippen LogP contribution in [0.5, 0.6) is 0 Å². The normalized spacial score (nSPS) is 18.4. The summed E-state index contributed by atoms with van der Waals surface area (Å²) < 4.78 is 2.77. The van der Waals surface area contributed by atoms with Crippen molar-refractivity contribution < 1.29 is 29.2 Å². The summed E-state index contributed by atoms with van der Waals surface area (Å²) in [6, 6.07) is 0. The van der Waals surface area contributed by atoms with Gasteiger partial charge in [-0.3, -0.25) is 0 Å². The molecule has 0 atom stereocenters. The van der Waals surface area contributed by atoms with Crippen LogP contribution in [-0.2, 0) is 29.2 Å². The summed E-state index contributed by atoms with van der Waals surface area (Å²) in [6.45, 7) is 1.96. The van der Waals surface area contributed by atoms with E-state index in [4.69, 9.17) is 0 Å². The molecule has 0 fully saturated rings. The number of hydrogen-bond acceptors (Lipinski definition) is 3. The van der Waals surface area contributed by atoms with E-state index in [2.05, 4.69) is 0 Å². The van der Waals surface area contributed by atoms with Gasteiger partial charge in [-0.15, -0.1) is 0 Å². The molecule has 3 nitrogen and oxygen atoms in total. The van der Waals surface area contributed by atoms with Crippen LogP contribution in [0, 0.1) is 0 Å². The Kier molecular flexibility index (Phi) is 3.24. The molecule has 0 amide bonds. The van der Waals surface area contributed by atoms with Crippen molar-refractivity contribution in [3.63, 3.8) is 0 Å². The second kappa shape index (κ2) is 3.97. The van der Waals surface area contributed by atoms with Gasteiger partial charge in [0.25, 0.3) is 0 Å². The number of hydrogen-bond donors (Lipinski definition) is 0. The number of allylic oxidation sites excluding steroid dienone is 4. The van der Waals surface area contributed by atoms with Gasteiger partial charge in [0.2, 0.25) is 0 Å². The van der Waals surface area contributed by atoms with E-state index in [0.717, 1.165) is 16.0 Å². The molecule has 15 heavy (non-hydrogen) atoms. The SMILES string of the molecule is CCC1=[C]([W]([CH3])([CH]=O)([CH]=O)[CH]=O)CC=C1. The number of rotatable bonds is 5. The van der Waals surface area contributed by atoms with E-state index in [9.17, 15) is 14.4 Å². The standard InChI is InChI=1S/C7H9.3CHO.CH3.W/c1-2-7-5-3-4-6-7;3*1-2;;/h3,5H,2,4H2,1H3;3*1H;1H3;. The van der Waals surface area contributed by atoms with Gasteiger partial charge in [0.1, 0.15) is 0 Å². The minimum atomic E-state index is -4.51. The zero-order valence-corrected chi connectivity index (χ0v) is 11.9. The summed E-state index contributed by atoms with van der Waals surface area (Å²) in [5, 5.41) is 1.59. The fourth-order valence-corrected chi connectivity index (χ4v) is 8.73. The zero-order valence-electron chi connectivity index (χ0n) is 8.93. The van der Waals surface area contributed by atoms with Gasteiger partial charge >= 0.3 is 90.0 Å². The van der Waals surface area contributed by atoms with E-state index in [1.807, 2.05) is 19.1 Å². The molecule has 0 aromatic heterocycles. The Bertz CT molecular complexity index is 355. The van der Waals surface area contributed by atoms with Gasteiger partial charge < -0.3 is 0 Å². The molecule has 0 aliphatic heterocycles. The van der Waals surface area contributed by atoms with Crippen molar-refractivity contribution in [2.24, 2.45) is 0 Å². The summed E-state index contributed by atoms with van der Waals surface area (Å²) in [5.74, 6) is 0. The van der Waals surface area contributed by atoms with Gasteiger partial charge in [0.15, 0.2) is 0 Å². The van der Waals surface area contributed by atoms with Crippen molar-refractivity contribution in [1.82, 2.24) is 0 Å². The molecule has 1 rings (SSSR count). The first-order valence-corrected chi connectivity index (χ1v) is 14.2. The van der Waals surface area contributed by atoms with E-state index in [1.54, 1.807) is 5.31 Å². The number of carbonyl (C=O) groups is 3. The van der Waals surface area contributed by atoms with E-state index < -0.39 is 14.8 Å². The van der Waals surface area contributed by atoms with E-state index in [-0.39, 0.29) is 0 Å². The summed E-state index contributed by atoms with van der Waals surface area (Å²) in [7, 11) is 0. The third kappa shape index (κ3) is 1.69. The fourth-order valence-electron chi connectivity index (χ4n) is 1.68. The van der Waals surface area contributed by atoms with Crippen molar-refractivity contribution in [2.75, 3.05) is 0 Å². The average molecular weight is 379 g/mol. The summed E-state index contributed by atoms with van der Waals surface area (Å²) in [6.07, 6.45) is 5.18. The number of carbonyl (C=O) groups excluding carboxylic acids is 3. The van der Waals surface area contributed by atoms with Crippen LogP contribution in [0.15, 0.2) is 21.7 Å². The molecular weight excluding hydrogens is 364 g/mol. The van der Waals surface area contributed by atoms with Crippen LogP contribution in [0.3, 0.4) is 0 Å². The first kappa shape index (κ1) is 12.2. The van der Waals surface area contributed by atoms with Crippen molar-refractivity contribution >= 4 is 14.0 Å². The van der Waals surface area contributed by atoms with Crippen LogP contribution < -0.4 is 0 Å². The van der Waals surface area contributed by atoms with Gasteiger partial charge in [-0.25, -0.2) is 0 Å². The quantitative estimate of drug-likeness (QED) is 0.686. The molecule has 0 radical (unpaired) electrons. The Labute approximate surface area is 90.1 Å². The van der Waals surface area contributed by atoms with Crippen molar-refractivity contribution in [1.29, 1.82) is 0 Å². The van der Waals surface area contributed by atoms with Crippen molar-refractivity contribution in [3.8, 4) is 0 Å². The molecular formula is C11H15O3W. The molecule has 0 heterocycles. The third-order valence-corrected chi connectivity index (χ3v) is 14.7. The predicted octanol–water partition coefficient (Wildman–Crippen LogP) is 1.92. The van der Waals surface area contributed by atoms with Crippen LogP contribution in [0.4, 0.5) is 0 Å². The second-order valence-corrected chi connectivity index (χ2v) is 19.7. The Morgan fingerprint density at radius 1 is 1.27 bits per heavy atom. The first-order valence-electron chi connectivity index (χ1n) is 4.72. The van der Waals surface area contributed by atoms with Crippen molar-refractivity contribution in [3.05, 3.63) is 21.7 Å². The van der Waals surface area contributed by atoms with Gasteiger partial charge in [-0.1, -0.05) is 0 Å². The summed E-state index contributed by atoms with van der Waals surface area (Å²) >= 11 is -4.51.